The van der Waals surface area contributed by atoms with Crippen LogP contribution in [0, 0.1) is 0 Å². The molecule has 1 atom stereocenters. The third-order valence-electron chi connectivity index (χ3n) is 6.35. The molecular formula is C25H31N3O4S. The molecule has 1 unspecified atom stereocenters. The van der Waals surface area contributed by atoms with E-state index in [0.29, 0.717) is 32.6 Å². The Morgan fingerprint density at radius 1 is 0.848 bits per heavy atom. The van der Waals surface area contributed by atoms with Crippen LogP contribution in [0.25, 0.3) is 0 Å². The number of rotatable bonds is 7. The Hall–Kier alpha value is -2.71. The molecule has 2 heterocycles. The quantitative estimate of drug-likeness (QED) is 0.676. The lowest BCUT2D eigenvalue weighted by Crippen LogP contribution is -2.49. The van der Waals surface area contributed by atoms with Gasteiger partial charge in [0.25, 0.3) is 5.91 Å². The highest BCUT2D eigenvalue weighted by Crippen LogP contribution is 2.21. The number of carbonyl (C=O) groups is 2. The number of sulfonamides is 1. The minimum absolute atomic E-state index is 0.0956. The SMILES string of the molecule is O=C(NC(Cc1ccccc1)C(=O)N1CCCC1)c1cccc(S(=O)(=O)N2CCCCC2)c1. The van der Waals surface area contributed by atoms with Gasteiger partial charge in [-0.05, 0) is 49.4 Å². The van der Waals surface area contributed by atoms with E-state index >= 15 is 0 Å². The Labute approximate surface area is 195 Å². The smallest absolute Gasteiger partial charge is 0.251 e. The topological polar surface area (TPSA) is 86.8 Å². The van der Waals surface area contributed by atoms with Crippen LogP contribution in [0.4, 0.5) is 0 Å². The van der Waals surface area contributed by atoms with Crippen LogP contribution in [0.3, 0.4) is 0 Å². The molecule has 0 bridgehead atoms. The van der Waals surface area contributed by atoms with Crippen LogP contribution in [0.2, 0.25) is 0 Å². The summed E-state index contributed by atoms with van der Waals surface area (Å²) < 4.78 is 27.6. The molecule has 0 saturated carbocycles. The fraction of sp³-hybridized carbons (Fsp3) is 0.440. The molecule has 1 N–H and O–H groups in total. The summed E-state index contributed by atoms with van der Waals surface area (Å²) in [5.74, 6) is -0.541. The first-order valence-electron chi connectivity index (χ1n) is 11.7. The van der Waals surface area contributed by atoms with Gasteiger partial charge in [0.05, 0.1) is 4.90 Å². The first kappa shape index (κ1) is 23.4. The number of likely N-dealkylation sites (tertiary alicyclic amines) is 1. The summed E-state index contributed by atoms with van der Waals surface area (Å²) in [6.07, 6.45) is 5.04. The van der Waals surface area contributed by atoms with Gasteiger partial charge >= 0.3 is 0 Å². The molecular weight excluding hydrogens is 438 g/mol. The summed E-state index contributed by atoms with van der Waals surface area (Å²) in [5, 5.41) is 2.88. The second-order valence-corrected chi connectivity index (χ2v) is 10.7. The van der Waals surface area contributed by atoms with E-state index in [2.05, 4.69) is 5.32 Å². The molecule has 2 aromatic rings. The van der Waals surface area contributed by atoms with Crippen LogP contribution in [-0.4, -0.2) is 61.7 Å². The zero-order valence-electron chi connectivity index (χ0n) is 18.8. The van der Waals surface area contributed by atoms with Crippen molar-refractivity contribution in [2.45, 2.75) is 49.5 Å². The standard InChI is InChI=1S/C25H31N3O4S/c29-24(21-12-9-13-22(19-21)33(31,32)28-16-5-2-6-17-28)26-23(18-20-10-3-1-4-11-20)25(30)27-14-7-8-15-27/h1,3-4,9-13,19,23H,2,5-8,14-18H2,(H,26,29). The first-order chi connectivity index (χ1) is 15.9. The fourth-order valence-electron chi connectivity index (χ4n) is 4.50. The number of carbonyl (C=O) groups excluding carboxylic acids is 2. The highest BCUT2D eigenvalue weighted by molar-refractivity contribution is 7.89. The van der Waals surface area contributed by atoms with Crippen molar-refractivity contribution in [2.24, 2.45) is 0 Å². The predicted molar refractivity (Wildman–Crippen MR) is 126 cm³/mol. The van der Waals surface area contributed by atoms with Crippen LogP contribution in [0.5, 0.6) is 0 Å². The Morgan fingerprint density at radius 2 is 1.52 bits per heavy atom. The molecule has 8 heteroatoms. The van der Waals surface area contributed by atoms with Gasteiger partial charge < -0.3 is 10.2 Å². The second kappa shape index (κ2) is 10.5. The van der Waals surface area contributed by atoms with Gasteiger partial charge in [0, 0.05) is 38.2 Å². The molecule has 2 aliphatic heterocycles. The van der Waals surface area contributed by atoms with Crippen molar-refractivity contribution >= 4 is 21.8 Å². The second-order valence-electron chi connectivity index (χ2n) is 8.74. The minimum atomic E-state index is -3.65. The summed E-state index contributed by atoms with van der Waals surface area (Å²) in [4.78, 5) is 28.2. The van der Waals surface area contributed by atoms with Crippen molar-refractivity contribution < 1.29 is 18.0 Å². The number of nitrogens with zero attached hydrogens (tertiary/aromatic N) is 2. The van der Waals surface area contributed by atoms with E-state index in [1.165, 1.54) is 16.4 Å². The predicted octanol–water partition coefficient (Wildman–Crippen LogP) is 2.82. The highest BCUT2D eigenvalue weighted by atomic mass is 32.2. The van der Waals surface area contributed by atoms with Gasteiger partial charge in [-0.15, -0.1) is 0 Å². The van der Waals surface area contributed by atoms with Gasteiger partial charge in [-0.25, -0.2) is 8.42 Å². The third kappa shape index (κ3) is 5.62. The summed E-state index contributed by atoms with van der Waals surface area (Å²) in [7, 11) is -3.65. The molecule has 0 aromatic heterocycles. The largest absolute Gasteiger partial charge is 0.341 e. The van der Waals surface area contributed by atoms with Crippen molar-refractivity contribution in [3.05, 3.63) is 65.7 Å². The monoisotopic (exact) mass is 469 g/mol. The Kier molecular flexibility index (Phi) is 7.45. The van der Waals surface area contributed by atoms with E-state index in [-0.39, 0.29) is 16.4 Å². The highest BCUT2D eigenvalue weighted by Gasteiger charge is 2.30. The third-order valence-corrected chi connectivity index (χ3v) is 8.25. The average Bonchev–Trinajstić information content (AvgIpc) is 3.39. The zero-order valence-corrected chi connectivity index (χ0v) is 19.6. The Balaban J connectivity index is 1.53. The fourth-order valence-corrected chi connectivity index (χ4v) is 6.06. The molecule has 2 aliphatic rings. The van der Waals surface area contributed by atoms with Crippen molar-refractivity contribution in [2.75, 3.05) is 26.2 Å². The maximum Gasteiger partial charge on any atom is 0.251 e. The zero-order chi connectivity index (χ0) is 23.3. The molecule has 4 rings (SSSR count). The molecule has 33 heavy (non-hydrogen) atoms. The van der Waals surface area contributed by atoms with Crippen molar-refractivity contribution in [3.8, 4) is 0 Å². The summed E-state index contributed by atoms with van der Waals surface area (Å²) >= 11 is 0. The lowest BCUT2D eigenvalue weighted by molar-refractivity contribution is -0.132. The summed E-state index contributed by atoms with van der Waals surface area (Å²) in [6.45, 7) is 2.40. The molecule has 0 aliphatic carbocycles. The van der Waals surface area contributed by atoms with E-state index in [4.69, 9.17) is 0 Å². The minimum Gasteiger partial charge on any atom is -0.341 e. The van der Waals surface area contributed by atoms with Crippen LogP contribution in [-0.2, 0) is 21.2 Å². The van der Waals surface area contributed by atoms with E-state index < -0.39 is 22.0 Å². The van der Waals surface area contributed by atoms with Crippen molar-refractivity contribution in [1.82, 2.24) is 14.5 Å². The van der Waals surface area contributed by atoms with E-state index in [1.54, 1.807) is 17.0 Å². The Bertz CT molecular complexity index is 1080. The van der Waals surface area contributed by atoms with Gasteiger partial charge in [-0.3, -0.25) is 9.59 Å². The Morgan fingerprint density at radius 3 is 2.21 bits per heavy atom. The number of nitrogens with one attached hydrogen (secondary N) is 1. The van der Waals surface area contributed by atoms with E-state index in [9.17, 15) is 18.0 Å². The molecule has 2 fully saturated rings. The van der Waals surface area contributed by atoms with Crippen molar-refractivity contribution in [1.29, 1.82) is 0 Å². The number of hydrogen-bond acceptors (Lipinski definition) is 4. The van der Waals surface area contributed by atoms with Crippen LogP contribution < -0.4 is 5.32 Å². The number of hydrogen-bond donors (Lipinski definition) is 1. The van der Waals surface area contributed by atoms with Gasteiger partial charge in [-0.2, -0.15) is 4.31 Å². The maximum absolute atomic E-state index is 13.2. The van der Waals surface area contributed by atoms with E-state index in [0.717, 1.165) is 37.7 Å². The molecule has 2 amide bonds. The molecule has 176 valence electrons. The number of piperidine rings is 1. The lowest BCUT2D eigenvalue weighted by atomic mass is 10.0. The van der Waals surface area contributed by atoms with Gasteiger partial charge in [0.2, 0.25) is 15.9 Å². The van der Waals surface area contributed by atoms with Crippen LogP contribution >= 0.6 is 0 Å². The maximum atomic E-state index is 13.2. The summed E-state index contributed by atoms with van der Waals surface area (Å²) in [6, 6.07) is 15.0. The first-order valence-corrected chi connectivity index (χ1v) is 13.1. The molecule has 0 radical (unpaired) electrons. The average molecular weight is 470 g/mol. The van der Waals surface area contributed by atoms with Gasteiger partial charge in [-0.1, -0.05) is 42.8 Å². The summed E-state index contributed by atoms with van der Waals surface area (Å²) in [5.41, 5.74) is 1.19. The number of benzene rings is 2. The molecule has 2 saturated heterocycles. The molecule has 0 spiro atoms. The van der Waals surface area contributed by atoms with E-state index in [1.807, 2.05) is 30.3 Å². The van der Waals surface area contributed by atoms with Crippen molar-refractivity contribution in [3.63, 3.8) is 0 Å². The van der Waals surface area contributed by atoms with Crippen LogP contribution in [0.1, 0.15) is 48.0 Å². The normalized spacial score (nSPS) is 18.1. The van der Waals surface area contributed by atoms with Crippen LogP contribution in [0.15, 0.2) is 59.5 Å². The molecule has 7 nitrogen and oxygen atoms in total. The lowest BCUT2D eigenvalue weighted by Gasteiger charge is -2.26. The number of amides is 2. The van der Waals surface area contributed by atoms with Gasteiger partial charge in [0.15, 0.2) is 0 Å². The molecule has 2 aromatic carbocycles. The van der Waals surface area contributed by atoms with Gasteiger partial charge in [0.1, 0.15) is 6.04 Å².